The maximum Gasteiger partial charge on any atom is 0.177 e. The third-order valence-electron chi connectivity index (χ3n) is 1.65. The van der Waals surface area contributed by atoms with E-state index < -0.39 is 9.84 Å². The predicted molar refractivity (Wildman–Crippen MR) is 46.8 cm³/mol. The second-order valence-electron chi connectivity index (χ2n) is 2.81. The van der Waals surface area contributed by atoms with Gasteiger partial charge in [-0.3, -0.25) is 4.98 Å². The summed E-state index contributed by atoms with van der Waals surface area (Å²) in [4.78, 5) is 4.28. The largest absolute Gasteiger partial charge is 0.260 e. The van der Waals surface area contributed by atoms with E-state index in [2.05, 4.69) is 4.98 Å². The zero-order valence-corrected chi connectivity index (χ0v) is 8.14. The normalized spacial score (nSPS) is 11.6. The third kappa shape index (κ3) is 1.64. The molecular weight excluding hydrogens is 174 g/mol. The Balaban J connectivity index is 3.53. The molecule has 0 spiro atoms. The Labute approximate surface area is 72.4 Å². The van der Waals surface area contributed by atoms with Gasteiger partial charge in [-0.05, 0) is 25.5 Å². The second kappa shape index (κ2) is 2.86. The number of aryl methyl sites for hydroxylation is 2. The molecular formula is C8H11NO2S. The van der Waals surface area contributed by atoms with Crippen molar-refractivity contribution >= 4 is 9.84 Å². The Morgan fingerprint density at radius 2 is 1.92 bits per heavy atom. The lowest BCUT2D eigenvalue weighted by atomic mass is 10.2. The Hall–Kier alpha value is -0.900. The Bertz CT molecular complexity index is 375. The van der Waals surface area contributed by atoms with Gasteiger partial charge in [0.05, 0.1) is 10.6 Å². The average Bonchev–Trinajstić information content (AvgIpc) is 1.82. The maximum absolute atomic E-state index is 11.2. The first-order chi connectivity index (χ1) is 5.43. The lowest BCUT2D eigenvalue weighted by Gasteiger charge is -2.04. The van der Waals surface area contributed by atoms with E-state index in [-0.39, 0.29) is 0 Å². The van der Waals surface area contributed by atoms with Crippen LogP contribution in [0.3, 0.4) is 0 Å². The fourth-order valence-corrected chi connectivity index (χ4v) is 2.48. The van der Waals surface area contributed by atoms with Crippen molar-refractivity contribution < 1.29 is 8.42 Å². The molecule has 0 aliphatic carbocycles. The van der Waals surface area contributed by atoms with E-state index in [9.17, 15) is 8.42 Å². The van der Waals surface area contributed by atoms with Gasteiger partial charge in [-0.2, -0.15) is 0 Å². The molecule has 0 N–H and O–H groups in total. The molecule has 1 rings (SSSR count). The van der Waals surface area contributed by atoms with Gasteiger partial charge in [0, 0.05) is 12.5 Å². The minimum atomic E-state index is -3.13. The molecule has 66 valence electrons. The zero-order valence-electron chi connectivity index (χ0n) is 7.33. The van der Waals surface area contributed by atoms with Crippen molar-refractivity contribution in [3.05, 3.63) is 23.5 Å². The lowest BCUT2D eigenvalue weighted by Crippen LogP contribution is -2.04. The summed E-state index contributed by atoms with van der Waals surface area (Å²) >= 11 is 0. The highest BCUT2D eigenvalue weighted by molar-refractivity contribution is 7.90. The quantitative estimate of drug-likeness (QED) is 0.658. The minimum absolute atomic E-state index is 0.352. The number of sulfone groups is 1. The first-order valence-corrected chi connectivity index (χ1v) is 5.44. The van der Waals surface area contributed by atoms with Gasteiger partial charge >= 0.3 is 0 Å². The summed E-state index contributed by atoms with van der Waals surface area (Å²) < 4.78 is 22.5. The van der Waals surface area contributed by atoms with Crippen molar-refractivity contribution in [2.24, 2.45) is 0 Å². The fraction of sp³-hybridized carbons (Fsp3) is 0.375. The molecule has 0 bridgehead atoms. The van der Waals surface area contributed by atoms with Gasteiger partial charge < -0.3 is 0 Å². The zero-order chi connectivity index (χ0) is 9.35. The summed E-state index contributed by atoms with van der Waals surface area (Å²) in [5.41, 5.74) is 1.32. The van der Waals surface area contributed by atoms with Gasteiger partial charge in [-0.15, -0.1) is 0 Å². The van der Waals surface area contributed by atoms with Crippen LogP contribution in [-0.2, 0) is 9.84 Å². The number of pyridine rings is 1. The molecule has 0 unspecified atom stereocenters. The Morgan fingerprint density at radius 1 is 1.33 bits per heavy atom. The van der Waals surface area contributed by atoms with Crippen LogP contribution < -0.4 is 0 Å². The first-order valence-electron chi connectivity index (χ1n) is 3.55. The van der Waals surface area contributed by atoms with E-state index in [1.807, 2.05) is 0 Å². The van der Waals surface area contributed by atoms with Crippen LogP contribution in [-0.4, -0.2) is 19.7 Å². The molecule has 0 saturated carbocycles. The lowest BCUT2D eigenvalue weighted by molar-refractivity contribution is 0.600. The van der Waals surface area contributed by atoms with Crippen LogP contribution in [0.25, 0.3) is 0 Å². The van der Waals surface area contributed by atoms with Crippen molar-refractivity contribution in [3.63, 3.8) is 0 Å². The predicted octanol–water partition coefficient (Wildman–Crippen LogP) is 1.10. The molecule has 4 heteroatoms. The summed E-state index contributed by atoms with van der Waals surface area (Å²) in [7, 11) is -3.13. The summed E-state index contributed by atoms with van der Waals surface area (Å²) in [5.74, 6) is 0. The molecule has 1 heterocycles. The van der Waals surface area contributed by atoms with E-state index >= 15 is 0 Å². The number of nitrogens with zero attached hydrogens (tertiary/aromatic N) is 1. The van der Waals surface area contributed by atoms with Gasteiger partial charge in [-0.1, -0.05) is 0 Å². The molecule has 0 amide bonds. The molecule has 0 aromatic carbocycles. The maximum atomic E-state index is 11.2. The number of hydrogen-bond acceptors (Lipinski definition) is 3. The molecule has 3 nitrogen and oxygen atoms in total. The fourth-order valence-electron chi connectivity index (χ4n) is 1.24. The minimum Gasteiger partial charge on any atom is -0.260 e. The van der Waals surface area contributed by atoms with Crippen LogP contribution in [0, 0.1) is 13.8 Å². The number of rotatable bonds is 1. The van der Waals surface area contributed by atoms with Crippen LogP contribution in [0.4, 0.5) is 0 Å². The van der Waals surface area contributed by atoms with Gasteiger partial charge in [-0.25, -0.2) is 8.42 Å². The third-order valence-corrected chi connectivity index (χ3v) is 3.01. The summed E-state index contributed by atoms with van der Waals surface area (Å²) in [6.45, 7) is 3.47. The summed E-state index contributed by atoms with van der Waals surface area (Å²) in [6, 6.07) is 1.70. The molecule has 0 aliphatic rings. The van der Waals surface area contributed by atoms with Crippen molar-refractivity contribution in [1.82, 2.24) is 4.98 Å². The smallest absolute Gasteiger partial charge is 0.177 e. The van der Waals surface area contributed by atoms with Crippen molar-refractivity contribution in [2.75, 3.05) is 6.26 Å². The van der Waals surface area contributed by atoms with Crippen LogP contribution in [0.5, 0.6) is 0 Å². The van der Waals surface area contributed by atoms with Crippen LogP contribution >= 0.6 is 0 Å². The molecule has 0 fully saturated rings. The molecule has 0 radical (unpaired) electrons. The van der Waals surface area contributed by atoms with E-state index in [0.717, 1.165) is 5.56 Å². The molecule has 1 aromatic heterocycles. The molecule has 0 atom stereocenters. The van der Waals surface area contributed by atoms with E-state index in [1.165, 1.54) is 6.26 Å². The van der Waals surface area contributed by atoms with Gasteiger partial charge in [0.1, 0.15) is 0 Å². The standard InChI is InChI=1S/C8H11NO2S/c1-6-4-5-9-7(2)8(6)12(3,10)11/h4-5H,1-3H3. The Morgan fingerprint density at radius 3 is 2.25 bits per heavy atom. The topological polar surface area (TPSA) is 47.0 Å². The molecule has 0 aliphatic heterocycles. The van der Waals surface area contributed by atoms with Crippen molar-refractivity contribution in [1.29, 1.82) is 0 Å². The highest BCUT2D eigenvalue weighted by atomic mass is 32.2. The summed E-state index contributed by atoms with van der Waals surface area (Å²) in [6.07, 6.45) is 2.81. The van der Waals surface area contributed by atoms with Crippen LogP contribution in [0.1, 0.15) is 11.3 Å². The van der Waals surface area contributed by atoms with Gasteiger partial charge in [0.15, 0.2) is 9.84 Å². The van der Waals surface area contributed by atoms with E-state index in [0.29, 0.717) is 10.6 Å². The average molecular weight is 185 g/mol. The monoisotopic (exact) mass is 185 g/mol. The van der Waals surface area contributed by atoms with Gasteiger partial charge in [0.25, 0.3) is 0 Å². The Kier molecular flexibility index (Phi) is 2.19. The first kappa shape index (κ1) is 9.19. The van der Waals surface area contributed by atoms with E-state index in [1.54, 1.807) is 26.1 Å². The molecule has 1 aromatic rings. The summed E-state index contributed by atoms with van der Waals surface area (Å²) in [5, 5.41) is 0. The van der Waals surface area contributed by atoms with Crippen LogP contribution in [0.2, 0.25) is 0 Å². The SMILES string of the molecule is Cc1ccnc(C)c1S(C)(=O)=O. The van der Waals surface area contributed by atoms with Crippen LogP contribution in [0.15, 0.2) is 17.2 Å². The molecule has 12 heavy (non-hydrogen) atoms. The highest BCUT2D eigenvalue weighted by Gasteiger charge is 2.13. The van der Waals surface area contributed by atoms with E-state index in [4.69, 9.17) is 0 Å². The second-order valence-corrected chi connectivity index (χ2v) is 4.77. The van der Waals surface area contributed by atoms with Crippen molar-refractivity contribution in [2.45, 2.75) is 18.7 Å². The highest BCUT2D eigenvalue weighted by Crippen LogP contribution is 2.16. The number of hydrogen-bond donors (Lipinski definition) is 0. The molecule has 0 saturated heterocycles. The van der Waals surface area contributed by atoms with Gasteiger partial charge in [0.2, 0.25) is 0 Å². The van der Waals surface area contributed by atoms with Crippen molar-refractivity contribution in [3.8, 4) is 0 Å². The number of aromatic nitrogens is 1.